The van der Waals surface area contributed by atoms with Crippen LogP contribution in [0.15, 0.2) is 22.7 Å². The summed E-state index contributed by atoms with van der Waals surface area (Å²) in [4.78, 5) is 0. The lowest BCUT2D eigenvalue weighted by molar-refractivity contribution is 0.641. The van der Waals surface area contributed by atoms with E-state index in [-0.39, 0.29) is 6.04 Å². The van der Waals surface area contributed by atoms with Gasteiger partial charge >= 0.3 is 0 Å². The van der Waals surface area contributed by atoms with Crippen molar-refractivity contribution in [1.82, 2.24) is 9.78 Å². The van der Waals surface area contributed by atoms with Gasteiger partial charge in [-0.1, -0.05) is 30.7 Å². The largest absolute Gasteiger partial charge is 0.327 e. The monoisotopic (exact) mass is 355 g/mol. The van der Waals surface area contributed by atoms with Gasteiger partial charge in [0.05, 0.1) is 26.6 Å². The average molecular weight is 357 g/mol. The molecule has 1 aromatic heterocycles. The Balaban J connectivity index is 2.57. The standard InChI is InChI=1S/C15H19BrClN3/c1-4-12(18)8-11-6-5-7-13(17)15(11)20-10(3)14(16)9(2)19-20/h5-7,12H,4,8,18H2,1-3H3. The number of para-hydroxylation sites is 1. The van der Waals surface area contributed by atoms with Crippen molar-refractivity contribution in [3.8, 4) is 5.69 Å². The third kappa shape index (κ3) is 2.92. The van der Waals surface area contributed by atoms with Gasteiger partial charge in [0.2, 0.25) is 0 Å². The van der Waals surface area contributed by atoms with Crippen LogP contribution in [0.5, 0.6) is 0 Å². The van der Waals surface area contributed by atoms with Crippen LogP contribution in [0.25, 0.3) is 5.69 Å². The highest BCUT2D eigenvalue weighted by Gasteiger charge is 2.17. The van der Waals surface area contributed by atoms with Gasteiger partial charge in [-0.3, -0.25) is 0 Å². The maximum Gasteiger partial charge on any atom is 0.0867 e. The summed E-state index contributed by atoms with van der Waals surface area (Å²) in [5.74, 6) is 0. The SMILES string of the molecule is CCC(N)Cc1cccc(Cl)c1-n1nc(C)c(Br)c1C. The molecular weight excluding hydrogens is 338 g/mol. The third-order valence-electron chi connectivity index (χ3n) is 3.49. The third-order valence-corrected chi connectivity index (χ3v) is 4.94. The molecule has 1 heterocycles. The van der Waals surface area contributed by atoms with Crippen LogP contribution >= 0.6 is 27.5 Å². The van der Waals surface area contributed by atoms with Crippen molar-refractivity contribution in [3.63, 3.8) is 0 Å². The second-order valence-electron chi connectivity index (χ2n) is 5.02. The van der Waals surface area contributed by atoms with E-state index in [9.17, 15) is 0 Å². The number of hydrogen-bond donors (Lipinski definition) is 1. The quantitative estimate of drug-likeness (QED) is 0.893. The summed E-state index contributed by atoms with van der Waals surface area (Å²) < 4.78 is 2.92. The van der Waals surface area contributed by atoms with Gasteiger partial charge in [-0.25, -0.2) is 4.68 Å². The molecule has 0 aliphatic carbocycles. The highest BCUT2D eigenvalue weighted by atomic mass is 79.9. The lowest BCUT2D eigenvalue weighted by Crippen LogP contribution is -2.22. The summed E-state index contributed by atoms with van der Waals surface area (Å²) in [6.07, 6.45) is 1.73. The number of nitrogens with two attached hydrogens (primary N) is 1. The number of hydrogen-bond acceptors (Lipinski definition) is 2. The minimum absolute atomic E-state index is 0.132. The number of benzene rings is 1. The van der Waals surface area contributed by atoms with Gasteiger partial charge in [0, 0.05) is 6.04 Å². The van der Waals surface area contributed by atoms with Crippen LogP contribution in [-0.4, -0.2) is 15.8 Å². The van der Waals surface area contributed by atoms with Crippen molar-refractivity contribution >= 4 is 27.5 Å². The predicted molar refractivity (Wildman–Crippen MR) is 87.7 cm³/mol. The molecular formula is C15H19BrClN3. The Morgan fingerprint density at radius 1 is 1.40 bits per heavy atom. The zero-order valence-electron chi connectivity index (χ0n) is 12.0. The fraction of sp³-hybridized carbons (Fsp3) is 0.400. The molecule has 0 saturated carbocycles. The molecule has 5 heteroatoms. The van der Waals surface area contributed by atoms with Gasteiger partial charge in [-0.05, 0) is 54.2 Å². The molecule has 0 spiro atoms. The Kier molecular flexibility index (Phi) is 4.89. The first-order valence-corrected chi connectivity index (χ1v) is 7.87. The Bertz CT molecular complexity index is 622. The minimum Gasteiger partial charge on any atom is -0.327 e. The molecule has 108 valence electrons. The van der Waals surface area contributed by atoms with E-state index in [4.69, 9.17) is 17.3 Å². The van der Waals surface area contributed by atoms with Crippen LogP contribution in [0, 0.1) is 13.8 Å². The van der Waals surface area contributed by atoms with Crippen LogP contribution in [0.3, 0.4) is 0 Å². The smallest absolute Gasteiger partial charge is 0.0867 e. The number of nitrogens with zero attached hydrogens (tertiary/aromatic N) is 2. The average Bonchev–Trinajstić information content (AvgIpc) is 2.66. The molecule has 1 aromatic carbocycles. The molecule has 1 unspecified atom stereocenters. The van der Waals surface area contributed by atoms with Crippen LogP contribution in [-0.2, 0) is 6.42 Å². The van der Waals surface area contributed by atoms with Gasteiger partial charge in [0.15, 0.2) is 0 Å². The maximum atomic E-state index is 6.41. The lowest BCUT2D eigenvalue weighted by atomic mass is 10.0. The Morgan fingerprint density at radius 3 is 2.65 bits per heavy atom. The first kappa shape index (κ1) is 15.5. The second kappa shape index (κ2) is 6.29. The van der Waals surface area contributed by atoms with Crippen molar-refractivity contribution in [2.24, 2.45) is 5.73 Å². The predicted octanol–water partition coefficient (Wildman–Crippen LogP) is 4.18. The van der Waals surface area contributed by atoms with Crippen LogP contribution < -0.4 is 5.73 Å². The molecule has 3 nitrogen and oxygen atoms in total. The molecule has 2 N–H and O–H groups in total. The van der Waals surface area contributed by atoms with Crippen LogP contribution in [0.4, 0.5) is 0 Å². The van der Waals surface area contributed by atoms with Crippen LogP contribution in [0.1, 0.15) is 30.3 Å². The highest BCUT2D eigenvalue weighted by molar-refractivity contribution is 9.10. The van der Waals surface area contributed by atoms with Gasteiger partial charge in [0.25, 0.3) is 0 Å². The van der Waals surface area contributed by atoms with Gasteiger partial charge < -0.3 is 5.73 Å². The summed E-state index contributed by atoms with van der Waals surface area (Å²) in [6.45, 7) is 6.09. The van der Waals surface area contributed by atoms with Crippen molar-refractivity contribution in [2.45, 2.75) is 39.7 Å². The molecule has 0 bridgehead atoms. The van der Waals surface area contributed by atoms with Crippen LogP contribution in [0.2, 0.25) is 5.02 Å². The van der Waals surface area contributed by atoms with E-state index in [1.807, 2.05) is 30.7 Å². The summed E-state index contributed by atoms with van der Waals surface area (Å²) in [6, 6.07) is 6.06. The molecule has 0 saturated heterocycles. The number of aryl methyl sites for hydroxylation is 1. The van der Waals surface area contributed by atoms with Gasteiger partial charge in [0.1, 0.15) is 0 Å². The number of halogens is 2. The van der Waals surface area contributed by atoms with E-state index in [1.54, 1.807) is 0 Å². The maximum absolute atomic E-state index is 6.41. The van der Waals surface area contributed by atoms with E-state index >= 15 is 0 Å². The summed E-state index contributed by atoms with van der Waals surface area (Å²) in [7, 11) is 0. The topological polar surface area (TPSA) is 43.8 Å². The van der Waals surface area contributed by atoms with E-state index in [0.29, 0.717) is 5.02 Å². The second-order valence-corrected chi connectivity index (χ2v) is 6.22. The number of rotatable bonds is 4. The molecule has 2 rings (SSSR count). The summed E-state index contributed by atoms with van der Waals surface area (Å²) in [5.41, 5.74) is 10.2. The Labute approximate surface area is 133 Å². The minimum atomic E-state index is 0.132. The molecule has 2 aromatic rings. The van der Waals surface area contributed by atoms with Crippen molar-refractivity contribution < 1.29 is 0 Å². The van der Waals surface area contributed by atoms with Gasteiger partial charge in [-0.15, -0.1) is 0 Å². The Hall–Kier alpha value is -0.840. The van der Waals surface area contributed by atoms with E-state index in [1.165, 1.54) is 0 Å². The fourth-order valence-electron chi connectivity index (χ4n) is 2.23. The molecule has 0 aliphatic heterocycles. The van der Waals surface area contributed by atoms with Crippen molar-refractivity contribution in [2.75, 3.05) is 0 Å². The van der Waals surface area contributed by atoms with E-state index in [0.717, 1.165) is 40.0 Å². The lowest BCUT2D eigenvalue weighted by Gasteiger charge is -2.16. The first-order chi connectivity index (χ1) is 9.45. The van der Waals surface area contributed by atoms with E-state index in [2.05, 4.69) is 34.0 Å². The molecule has 20 heavy (non-hydrogen) atoms. The molecule has 1 atom stereocenters. The molecule has 0 aliphatic rings. The fourth-order valence-corrected chi connectivity index (χ4v) is 2.75. The Morgan fingerprint density at radius 2 is 2.10 bits per heavy atom. The zero-order chi connectivity index (χ0) is 14.9. The summed E-state index contributed by atoms with van der Waals surface area (Å²) in [5, 5.41) is 5.28. The molecule has 0 amide bonds. The van der Waals surface area contributed by atoms with Crippen molar-refractivity contribution in [3.05, 3.63) is 44.6 Å². The molecule has 0 radical (unpaired) electrons. The summed E-state index contributed by atoms with van der Waals surface area (Å²) >= 11 is 9.97. The first-order valence-electron chi connectivity index (χ1n) is 6.70. The highest BCUT2D eigenvalue weighted by Crippen LogP contribution is 2.30. The van der Waals surface area contributed by atoms with Crippen molar-refractivity contribution in [1.29, 1.82) is 0 Å². The van der Waals surface area contributed by atoms with Gasteiger partial charge in [-0.2, -0.15) is 5.10 Å². The normalized spacial score (nSPS) is 12.7. The van der Waals surface area contributed by atoms with E-state index < -0.39 is 0 Å². The molecule has 0 fully saturated rings. The zero-order valence-corrected chi connectivity index (χ0v) is 14.3. The number of aromatic nitrogens is 2.